The second kappa shape index (κ2) is 11.9. The average Bonchev–Trinajstić information content (AvgIpc) is 3.01. The fourth-order valence-electron chi connectivity index (χ4n) is 1.91. The molecule has 26 heavy (non-hydrogen) atoms. The molecule has 9 heteroatoms. The predicted octanol–water partition coefficient (Wildman–Crippen LogP) is 0.424. The van der Waals surface area contributed by atoms with Gasteiger partial charge in [0.05, 0.1) is 18.3 Å². The van der Waals surface area contributed by atoms with Gasteiger partial charge in [0.2, 0.25) is 11.8 Å². The number of carbonyl (C=O) groups is 4. The first-order valence-corrected chi connectivity index (χ1v) is 8.65. The Hall–Kier alpha value is -2.58. The number of hydrogen-bond acceptors (Lipinski definition) is 6. The minimum Gasteiger partial charge on any atom is -0.347 e. The lowest BCUT2D eigenvalue weighted by molar-refractivity contribution is -0.126. The van der Waals surface area contributed by atoms with Crippen molar-refractivity contribution in [2.45, 2.75) is 73.0 Å². The summed E-state index contributed by atoms with van der Waals surface area (Å²) < 4.78 is 1.45. The molecule has 1 aromatic heterocycles. The molecule has 146 valence electrons. The number of aryl methyl sites for hydroxylation is 1. The first kappa shape index (κ1) is 23.4. The number of nitrogens with zero attached hydrogens (tertiary/aromatic N) is 3. The summed E-state index contributed by atoms with van der Waals surface area (Å²) in [4.78, 5) is 45.4. The van der Waals surface area contributed by atoms with Gasteiger partial charge in [0.15, 0.2) is 11.6 Å². The largest absolute Gasteiger partial charge is 0.347 e. The van der Waals surface area contributed by atoms with Gasteiger partial charge in [-0.1, -0.05) is 19.1 Å². The summed E-state index contributed by atoms with van der Waals surface area (Å²) in [6.45, 7) is 9.94. The molecule has 1 aromatic rings. The lowest BCUT2D eigenvalue weighted by atomic mass is 10.2. The van der Waals surface area contributed by atoms with E-state index in [-0.39, 0.29) is 36.3 Å². The van der Waals surface area contributed by atoms with E-state index in [1.165, 1.54) is 25.5 Å². The van der Waals surface area contributed by atoms with Gasteiger partial charge in [-0.15, -0.1) is 5.10 Å². The van der Waals surface area contributed by atoms with Crippen LogP contribution in [-0.4, -0.2) is 50.5 Å². The molecule has 0 unspecified atom stereocenters. The Kier molecular flexibility index (Phi) is 10.7. The van der Waals surface area contributed by atoms with Gasteiger partial charge in [-0.05, 0) is 20.8 Å². The summed E-state index contributed by atoms with van der Waals surface area (Å²) in [6.07, 6.45) is 2.17. The zero-order chi connectivity index (χ0) is 20.3. The molecule has 1 rings (SSSR count). The predicted molar refractivity (Wildman–Crippen MR) is 96.3 cm³/mol. The van der Waals surface area contributed by atoms with Crippen molar-refractivity contribution in [3.63, 3.8) is 0 Å². The summed E-state index contributed by atoms with van der Waals surface area (Å²) in [5.74, 6) is -0.832. The highest BCUT2D eigenvalue weighted by Crippen LogP contribution is 2.01. The van der Waals surface area contributed by atoms with Crippen molar-refractivity contribution in [3.05, 3.63) is 11.9 Å². The SMILES string of the molecule is CC.CC(=O)N[C@H](Cn1cc(CCC(=O)N[C@@H](C)C(C)=O)nn1)C(C)=O. The molecular weight excluding hydrogens is 338 g/mol. The van der Waals surface area contributed by atoms with Crippen molar-refractivity contribution in [2.24, 2.45) is 0 Å². The minimum atomic E-state index is -0.670. The fraction of sp³-hybridized carbons (Fsp3) is 0.647. The van der Waals surface area contributed by atoms with Crippen LogP contribution in [0.5, 0.6) is 0 Å². The van der Waals surface area contributed by atoms with E-state index in [1.54, 1.807) is 13.1 Å². The molecule has 0 saturated heterocycles. The van der Waals surface area contributed by atoms with Crippen LogP contribution in [0.2, 0.25) is 0 Å². The van der Waals surface area contributed by atoms with Crippen LogP contribution in [0.25, 0.3) is 0 Å². The average molecular weight is 367 g/mol. The third kappa shape index (κ3) is 9.05. The Bertz CT molecular complexity index is 626. The minimum absolute atomic E-state index is 0.109. The van der Waals surface area contributed by atoms with Crippen LogP contribution in [0.3, 0.4) is 0 Å². The summed E-state index contributed by atoms with van der Waals surface area (Å²) in [7, 11) is 0. The molecule has 0 aliphatic carbocycles. The van der Waals surface area contributed by atoms with Gasteiger partial charge in [-0.3, -0.25) is 19.2 Å². The lowest BCUT2D eigenvalue weighted by Gasteiger charge is -2.13. The second-order valence-corrected chi connectivity index (χ2v) is 5.70. The molecule has 2 atom stereocenters. The fourth-order valence-corrected chi connectivity index (χ4v) is 1.91. The van der Waals surface area contributed by atoms with Crippen molar-refractivity contribution < 1.29 is 19.2 Å². The maximum atomic E-state index is 11.7. The van der Waals surface area contributed by atoms with E-state index in [9.17, 15) is 19.2 Å². The standard InChI is InChI=1S/C15H23N5O4.C2H6/c1-9(10(2)21)16-15(24)6-5-13-7-20(19-18-13)8-14(11(3)22)17-12(4)23;1-2/h7,9,14H,5-6,8H2,1-4H3,(H,16,24)(H,17,23);1-2H3/t9-,14+;/m0./s1. The van der Waals surface area contributed by atoms with E-state index in [2.05, 4.69) is 20.9 Å². The number of rotatable bonds is 9. The molecule has 0 aromatic carbocycles. The number of hydrogen-bond donors (Lipinski definition) is 2. The Morgan fingerprint density at radius 2 is 1.69 bits per heavy atom. The molecule has 0 saturated carbocycles. The molecule has 0 fully saturated rings. The van der Waals surface area contributed by atoms with Crippen LogP contribution in [0, 0.1) is 0 Å². The molecule has 0 radical (unpaired) electrons. The van der Waals surface area contributed by atoms with Gasteiger partial charge in [0.1, 0.15) is 6.04 Å². The summed E-state index contributed by atoms with van der Waals surface area (Å²) in [5, 5.41) is 13.0. The Balaban J connectivity index is 0.00000301. The number of aromatic nitrogens is 3. The quantitative estimate of drug-likeness (QED) is 0.652. The maximum absolute atomic E-state index is 11.7. The Morgan fingerprint density at radius 1 is 1.08 bits per heavy atom. The van der Waals surface area contributed by atoms with E-state index in [0.29, 0.717) is 12.1 Å². The highest BCUT2D eigenvalue weighted by atomic mass is 16.2. The summed E-state index contributed by atoms with van der Waals surface area (Å²) in [5.41, 5.74) is 0.589. The molecule has 0 aliphatic heterocycles. The van der Waals surface area contributed by atoms with Gasteiger partial charge in [-0.2, -0.15) is 0 Å². The second-order valence-electron chi connectivity index (χ2n) is 5.70. The highest BCUT2D eigenvalue weighted by Gasteiger charge is 2.17. The van der Waals surface area contributed by atoms with Gasteiger partial charge in [0, 0.05) is 26.0 Å². The monoisotopic (exact) mass is 367 g/mol. The molecule has 2 amide bonds. The first-order valence-electron chi connectivity index (χ1n) is 8.65. The van der Waals surface area contributed by atoms with Crippen LogP contribution in [0.4, 0.5) is 0 Å². The van der Waals surface area contributed by atoms with Crippen molar-refractivity contribution in [1.29, 1.82) is 0 Å². The zero-order valence-corrected chi connectivity index (χ0v) is 16.3. The van der Waals surface area contributed by atoms with Crippen molar-refractivity contribution in [1.82, 2.24) is 25.6 Å². The molecule has 0 spiro atoms. The summed E-state index contributed by atoms with van der Waals surface area (Å²) in [6, 6.07) is -1.18. The molecule has 0 aliphatic rings. The number of ketones is 2. The smallest absolute Gasteiger partial charge is 0.220 e. The van der Waals surface area contributed by atoms with Crippen molar-refractivity contribution >= 4 is 23.4 Å². The first-order chi connectivity index (χ1) is 12.2. The normalized spacial score (nSPS) is 12.2. The zero-order valence-electron chi connectivity index (χ0n) is 16.3. The number of nitrogens with one attached hydrogen (secondary N) is 2. The van der Waals surface area contributed by atoms with Gasteiger partial charge in [-0.25, -0.2) is 4.68 Å². The van der Waals surface area contributed by atoms with Crippen LogP contribution < -0.4 is 10.6 Å². The molecular formula is C17H29N5O4. The van der Waals surface area contributed by atoms with Crippen LogP contribution in [0.1, 0.15) is 53.7 Å². The third-order valence-corrected chi connectivity index (χ3v) is 3.42. The molecule has 9 nitrogen and oxygen atoms in total. The van der Waals surface area contributed by atoms with Crippen LogP contribution in [-0.2, 0) is 32.1 Å². The third-order valence-electron chi connectivity index (χ3n) is 3.42. The highest BCUT2D eigenvalue weighted by molar-refractivity contribution is 5.87. The summed E-state index contributed by atoms with van der Waals surface area (Å²) >= 11 is 0. The van der Waals surface area contributed by atoms with Gasteiger partial charge >= 0.3 is 0 Å². The topological polar surface area (TPSA) is 123 Å². The Labute approximate surface area is 153 Å². The molecule has 0 bridgehead atoms. The van der Waals surface area contributed by atoms with E-state index in [0.717, 1.165) is 0 Å². The van der Waals surface area contributed by atoms with Gasteiger partial charge < -0.3 is 10.6 Å². The number of Topliss-reactive ketones (excluding diaryl/α,β-unsaturated/α-hetero) is 2. The van der Waals surface area contributed by atoms with E-state index in [1.807, 2.05) is 13.8 Å². The van der Waals surface area contributed by atoms with Crippen molar-refractivity contribution in [2.75, 3.05) is 0 Å². The number of amides is 2. The molecule has 2 N–H and O–H groups in total. The Morgan fingerprint density at radius 3 is 2.19 bits per heavy atom. The van der Waals surface area contributed by atoms with E-state index >= 15 is 0 Å². The lowest BCUT2D eigenvalue weighted by Crippen LogP contribution is -2.41. The molecule has 1 heterocycles. The van der Waals surface area contributed by atoms with E-state index in [4.69, 9.17) is 0 Å². The van der Waals surface area contributed by atoms with E-state index < -0.39 is 12.1 Å². The van der Waals surface area contributed by atoms with Crippen LogP contribution >= 0.6 is 0 Å². The van der Waals surface area contributed by atoms with Gasteiger partial charge in [0.25, 0.3) is 0 Å². The van der Waals surface area contributed by atoms with Crippen molar-refractivity contribution in [3.8, 4) is 0 Å². The number of carbonyl (C=O) groups excluding carboxylic acids is 4. The van der Waals surface area contributed by atoms with Crippen LogP contribution in [0.15, 0.2) is 6.20 Å². The maximum Gasteiger partial charge on any atom is 0.220 e.